The Hall–Kier alpha value is -0.820. The zero-order valence-corrected chi connectivity index (χ0v) is 8.88. The highest BCUT2D eigenvalue weighted by Crippen LogP contribution is 2.18. The third-order valence-corrected chi connectivity index (χ3v) is 3.03. The zero-order chi connectivity index (χ0) is 9.80. The van der Waals surface area contributed by atoms with Crippen molar-refractivity contribution in [1.82, 2.24) is 0 Å². The van der Waals surface area contributed by atoms with E-state index in [1.54, 1.807) is 0 Å². The number of ether oxygens (including phenoxy) is 1. The van der Waals surface area contributed by atoms with Gasteiger partial charge in [-0.3, -0.25) is 0 Å². The molecule has 2 bridgehead atoms. The van der Waals surface area contributed by atoms with Gasteiger partial charge in [-0.05, 0) is 49.3 Å². The van der Waals surface area contributed by atoms with Crippen molar-refractivity contribution >= 4 is 0 Å². The number of rotatable bonds is 0. The molecule has 1 aromatic rings. The normalized spacial score (nSPS) is 17.8. The van der Waals surface area contributed by atoms with Gasteiger partial charge in [0.15, 0.2) is 0 Å². The molecule has 0 radical (unpaired) electrons. The van der Waals surface area contributed by atoms with E-state index in [2.05, 4.69) is 25.1 Å². The Bertz CT molecular complexity index is 278. The molecule has 76 valence electrons. The van der Waals surface area contributed by atoms with E-state index in [9.17, 15) is 0 Å². The summed E-state index contributed by atoms with van der Waals surface area (Å²) in [6.07, 6.45) is 4.65. The van der Waals surface area contributed by atoms with Crippen LogP contribution in [0.2, 0.25) is 0 Å². The van der Waals surface area contributed by atoms with Crippen LogP contribution in [0.15, 0.2) is 18.2 Å². The monoisotopic (exact) mass is 190 g/mol. The second kappa shape index (κ2) is 4.61. The molecule has 1 aromatic carbocycles. The Morgan fingerprint density at radius 1 is 1.00 bits per heavy atom. The van der Waals surface area contributed by atoms with Crippen LogP contribution in [-0.4, -0.2) is 13.2 Å². The predicted molar refractivity (Wildman–Crippen MR) is 58.6 cm³/mol. The maximum absolute atomic E-state index is 5.54. The topological polar surface area (TPSA) is 9.23 Å². The van der Waals surface area contributed by atoms with E-state index in [0.29, 0.717) is 0 Å². The maximum Gasteiger partial charge on any atom is 0.0469 e. The van der Waals surface area contributed by atoms with Crippen molar-refractivity contribution in [3.05, 3.63) is 34.9 Å². The van der Waals surface area contributed by atoms with Crippen LogP contribution < -0.4 is 0 Å². The van der Waals surface area contributed by atoms with Crippen LogP contribution >= 0.6 is 0 Å². The first kappa shape index (κ1) is 9.72. The summed E-state index contributed by atoms with van der Waals surface area (Å²) in [5, 5.41) is 0. The molecule has 0 unspecified atom stereocenters. The van der Waals surface area contributed by atoms with Crippen molar-refractivity contribution in [1.29, 1.82) is 0 Å². The van der Waals surface area contributed by atoms with Gasteiger partial charge in [0.05, 0.1) is 0 Å². The molecule has 1 heteroatoms. The van der Waals surface area contributed by atoms with Gasteiger partial charge in [-0.1, -0.05) is 18.2 Å². The van der Waals surface area contributed by atoms with Gasteiger partial charge in [-0.25, -0.2) is 0 Å². The molecule has 1 aliphatic rings. The van der Waals surface area contributed by atoms with Crippen LogP contribution in [0.5, 0.6) is 0 Å². The molecule has 1 nitrogen and oxygen atoms in total. The average Bonchev–Trinajstić information content (AvgIpc) is 2.18. The van der Waals surface area contributed by atoms with Crippen LogP contribution in [0.3, 0.4) is 0 Å². The third kappa shape index (κ3) is 2.16. The minimum absolute atomic E-state index is 0.920. The molecule has 0 spiro atoms. The number of hydrogen-bond acceptors (Lipinski definition) is 1. The predicted octanol–water partition coefficient (Wildman–Crippen LogP) is 2.89. The molecular weight excluding hydrogens is 172 g/mol. The van der Waals surface area contributed by atoms with Crippen molar-refractivity contribution < 1.29 is 4.74 Å². The molecule has 1 heterocycles. The smallest absolute Gasteiger partial charge is 0.0469 e. The second-order valence-corrected chi connectivity index (χ2v) is 4.02. The SMILES string of the molecule is Cc1c2cccc1CCCOCCC2. The maximum atomic E-state index is 5.54. The highest BCUT2D eigenvalue weighted by molar-refractivity contribution is 5.34. The van der Waals surface area contributed by atoms with Crippen LogP contribution in [0, 0.1) is 6.92 Å². The Morgan fingerprint density at radius 2 is 1.57 bits per heavy atom. The van der Waals surface area contributed by atoms with Gasteiger partial charge in [0.1, 0.15) is 0 Å². The van der Waals surface area contributed by atoms with Gasteiger partial charge in [0.2, 0.25) is 0 Å². The van der Waals surface area contributed by atoms with Crippen molar-refractivity contribution in [3.63, 3.8) is 0 Å². The highest BCUT2D eigenvalue weighted by Gasteiger charge is 2.05. The average molecular weight is 190 g/mol. The van der Waals surface area contributed by atoms with Crippen molar-refractivity contribution in [2.45, 2.75) is 32.6 Å². The molecule has 0 N–H and O–H groups in total. The number of aryl methyl sites for hydroxylation is 2. The zero-order valence-electron chi connectivity index (χ0n) is 8.88. The summed E-state index contributed by atoms with van der Waals surface area (Å²) in [7, 11) is 0. The Balaban J connectivity index is 2.25. The fourth-order valence-electron chi connectivity index (χ4n) is 2.11. The lowest BCUT2D eigenvalue weighted by molar-refractivity contribution is 0.129. The minimum Gasteiger partial charge on any atom is -0.381 e. The first-order valence-electron chi connectivity index (χ1n) is 5.53. The Kier molecular flexibility index (Phi) is 3.20. The van der Waals surface area contributed by atoms with Crippen LogP contribution in [-0.2, 0) is 17.6 Å². The minimum atomic E-state index is 0.920. The fraction of sp³-hybridized carbons (Fsp3) is 0.538. The van der Waals surface area contributed by atoms with Crippen molar-refractivity contribution in [2.75, 3.05) is 13.2 Å². The molecule has 0 fully saturated rings. The summed E-state index contributed by atoms with van der Waals surface area (Å²) < 4.78 is 5.54. The summed E-state index contributed by atoms with van der Waals surface area (Å²) in [6.45, 7) is 4.10. The van der Waals surface area contributed by atoms with Crippen LogP contribution in [0.1, 0.15) is 29.5 Å². The van der Waals surface area contributed by atoms with E-state index in [1.807, 2.05) is 0 Å². The van der Waals surface area contributed by atoms with Crippen molar-refractivity contribution in [2.24, 2.45) is 0 Å². The van der Waals surface area contributed by atoms with Gasteiger partial charge in [-0.15, -0.1) is 0 Å². The van der Waals surface area contributed by atoms with Gasteiger partial charge in [-0.2, -0.15) is 0 Å². The van der Waals surface area contributed by atoms with E-state index in [4.69, 9.17) is 4.74 Å². The van der Waals surface area contributed by atoms with E-state index >= 15 is 0 Å². The lowest BCUT2D eigenvalue weighted by Crippen LogP contribution is -2.05. The molecule has 1 aliphatic heterocycles. The van der Waals surface area contributed by atoms with Gasteiger partial charge in [0.25, 0.3) is 0 Å². The molecule has 0 amide bonds. The van der Waals surface area contributed by atoms with E-state index in [-0.39, 0.29) is 0 Å². The quantitative estimate of drug-likeness (QED) is 0.611. The Morgan fingerprint density at radius 3 is 2.14 bits per heavy atom. The van der Waals surface area contributed by atoms with Gasteiger partial charge in [0, 0.05) is 13.2 Å². The molecule has 14 heavy (non-hydrogen) atoms. The lowest BCUT2D eigenvalue weighted by atomic mass is 9.96. The largest absolute Gasteiger partial charge is 0.381 e. The molecule has 0 aliphatic carbocycles. The third-order valence-electron chi connectivity index (χ3n) is 3.03. The first-order valence-corrected chi connectivity index (χ1v) is 5.53. The molecule has 0 aromatic heterocycles. The standard InChI is InChI=1S/C13H18O/c1-11-12-5-2-6-13(11)8-4-10-14-9-3-7-12/h2,5-6H,3-4,7-10H2,1H3. The highest BCUT2D eigenvalue weighted by atomic mass is 16.5. The van der Waals surface area contributed by atoms with Crippen LogP contribution in [0.4, 0.5) is 0 Å². The van der Waals surface area contributed by atoms with E-state index < -0.39 is 0 Å². The van der Waals surface area contributed by atoms with E-state index in [0.717, 1.165) is 26.1 Å². The second-order valence-electron chi connectivity index (χ2n) is 4.02. The number of hydrogen-bond donors (Lipinski definition) is 0. The lowest BCUT2D eigenvalue weighted by Gasteiger charge is -2.14. The molecule has 0 saturated heterocycles. The summed E-state index contributed by atoms with van der Waals surface area (Å²) in [5.74, 6) is 0. The summed E-state index contributed by atoms with van der Waals surface area (Å²) in [4.78, 5) is 0. The molecular formula is C13H18O. The summed E-state index contributed by atoms with van der Waals surface area (Å²) in [6, 6.07) is 6.70. The van der Waals surface area contributed by atoms with Gasteiger partial charge < -0.3 is 4.74 Å². The summed E-state index contributed by atoms with van der Waals surface area (Å²) in [5.41, 5.74) is 4.52. The molecule has 2 rings (SSSR count). The van der Waals surface area contributed by atoms with Crippen LogP contribution in [0.25, 0.3) is 0 Å². The van der Waals surface area contributed by atoms with Gasteiger partial charge >= 0.3 is 0 Å². The molecule has 0 atom stereocenters. The number of fused-ring (bicyclic) bond motifs is 2. The number of benzene rings is 1. The van der Waals surface area contributed by atoms with Crippen molar-refractivity contribution in [3.8, 4) is 0 Å². The molecule has 0 saturated carbocycles. The fourth-order valence-corrected chi connectivity index (χ4v) is 2.11. The van der Waals surface area contributed by atoms with E-state index in [1.165, 1.54) is 29.5 Å². The summed E-state index contributed by atoms with van der Waals surface area (Å²) >= 11 is 0. The first-order chi connectivity index (χ1) is 6.88. The Labute approximate surface area is 86.1 Å².